The Morgan fingerprint density at radius 2 is 1.69 bits per heavy atom. The predicted molar refractivity (Wildman–Crippen MR) is 242 cm³/mol. The van der Waals surface area contributed by atoms with Crippen molar-refractivity contribution < 1.29 is 42.9 Å². The molecule has 2 saturated heterocycles. The van der Waals surface area contributed by atoms with Crippen LogP contribution in [0, 0.1) is 5.92 Å². The fourth-order valence-corrected chi connectivity index (χ4v) is 9.85. The zero-order valence-corrected chi connectivity index (χ0v) is 37.1. The van der Waals surface area contributed by atoms with Gasteiger partial charge < -0.3 is 49.1 Å². The van der Waals surface area contributed by atoms with E-state index in [9.17, 15) is 19.2 Å². The van der Waals surface area contributed by atoms with E-state index >= 15 is 0 Å². The van der Waals surface area contributed by atoms with Gasteiger partial charge in [-0.25, -0.2) is 14.6 Å². The van der Waals surface area contributed by atoms with E-state index in [1.165, 1.54) is 21.3 Å². The Bertz CT molecular complexity index is 2670. The van der Waals surface area contributed by atoms with Crippen LogP contribution in [0.3, 0.4) is 0 Å². The topological polar surface area (TPSA) is 186 Å². The highest BCUT2D eigenvalue weighted by molar-refractivity contribution is 6.06. The number of aromatic nitrogens is 2. The number of alkyl carbamates (subject to hydrolysis) is 2. The van der Waals surface area contributed by atoms with Gasteiger partial charge in [0.15, 0.2) is 0 Å². The summed E-state index contributed by atoms with van der Waals surface area (Å²) in [5.41, 5.74) is 8.38. The average Bonchev–Trinajstić information content (AvgIpc) is 4.18. The molecular weight excluding hydrogens is 831 g/mol. The quantitative estimate of drug-likeness (QED) is 0.120. The summed E-state index contributed by atoms with van der Waals surface area (Å²) in [5.74, 6) is 1.08. The summed E-state index contributed by atoms with van der Waals surface area (Å²) in [6.07, 6.45) is 2.60. The summed E-state index contributed by atoms with van der Waals surface area (Å²) in [5, 5.41) is 7.50. The van der Waals surface area contributed by atoms with Crippen LogP contribution in [0.1, 0.15) is 60.8 Å². The molecule has 4 amide bonds. The van der Waals surface area contributed by atoms with Crippen molar-refractivity contribution in [2.75, 3.05) is 48.1 Å². The first-order valence-corrected chi connectivity index (χ1v) is 21.9. The normalized spacial score (nSPS) is 19.9. The number of nitrogens with one attached hydrogen (secondary N) is 3. The van der Waals surface area contributed by atoms with Crippen LogP contribution in [-0.2, 0) is 41.6 Å². The lowest BCUT2D eigenvalue weighted by Gasteiger charge is -2.31. The number of hydrogen-bond donors (Lipinski definition) is 3. The number of imidazole rings is 1. The number of fused-ring (bicyclic) bond motifs is 6. The van der Waals surface area contributed by atoms with E-state index in [0.29, 0.717) is 50.5 Å². The average molecular weight is 884 g/mol. The summed E-state index contributed by atoms with van der Waals surface area (Å²) >= 11 is 0. The van der Waals surface area contributed by atoms with Gasteiger partial charge in [-0.3, -0.25) is 14.6 Å². The number of hydrogen-bond acceptors (Lipinski definition) is 11. The summed E-state index contributed by atoms with van der Waals surface area (Å²) in [4.78, 5) is 69.8. The second-order valence-corrected chi connectivity index (χ2v) is 17.0. The second kappa shape index (κ2) is 18.4. The van der Waals surface area contributed by atoms with E-state index in [0.717, 1.165) is 74.3 Å². The Labute approximate surface area is 376 Å². The molecule has 4 aliphatic heterocycles. The number of rotatable bonds is 12. The monoisotopic (exact) mass is 883 g/mol. The van der Waals surface area contributed by atoms with Crippen LogP contribution >= 0.6 is 0 Å². The van der Waals surface area contributed by atoms with Crippen LogP contribution < -0.4 is 15.4 Å². The highest BCUT2D eigenvalue weighted by Crippen LogP contribution is 2.45. The molecule has 9 rings (SSSR count). The number of H-pyrrole nitrogens is 1. The van der Waals surface area contributed by atoms with Crippen LogP contribution in [0.5, 0.6) is 5.75 Å². The van der Waals surface area contributed by atoms with Gasteiger partial charge in [0.05, 0.1) is 56.6 Å². The number of aromatic amines is 1. The first kappa shape index (κ1) is 43.5. The van der Waals surface area contributed by atoms with Gasteiger partial charge >= 0.3 is 12.2 Å². The fourth-order valence-electron chi connectivity index (χ4n) is 9.85. The fraction of sp³-hybridized carbons (Fsp3) is 0.388. The molecule has 16 heteroatoms. The zero-order chi connectivity index (χ0) is 45.4. The third kappa shape index (κ3) is 8.39. The van der Waals surface area contributed by atoms with E-state index in [1.54, 1.807) is 25.1 Å². The number of nitrogens with zero attached hydrogens (tertiary/aromatic N) is 4. The van der Waals surface area contributed by atoms with Crippen molar-refractivity contribution in [2.24, 2.45) is 10.9 Å². The van der Waals surface area contributed by atoms with E-state index in [-0.39, 0.29) is 29.8 Å². The minimum Gasteiger partial charge on any atom is -0.488 e. The molecule has 6 atom stereocenters. The van der Waals surface area contributed by atoms with E-state index in [2.05, 4.69) is 52.0 Å². The van der Waals surface area contributed by atoms with Crippen molar-refractivity contribution in [1.29, 1.82) is 0 Å². The van der Waals surface area contributed by atoms with Crippen molar-refractivity contribution in [1.82, 2.24) is 30.4 Å². The molecule has 0 radical (unpaired) electrons. The Morgan fingerprint density at radius 1 is 0.892 bits per heavy atom. The third-order valence-electron chi connectivity index (χ3n) is 13.2. The summed E-state index contributed by atoms with van der Waals surface area (Å²) in [6.45, 7) is 3.60. The number of benzene rings is 4. The van der Waals surface area contributed by atoms with Crippen molar-refractivity contribution in [3.05, 3.63) is 102 Å². The molecule has 4 aromatic carbocycles. The van der Waals surface area contributed by atoms with Crippen LogP contribution in [0.4, 0.5) is 15.3 Å². The number of amides is 4. The molecule has 5 aromatic rings. The highest BCUT2D eigenvalue weighted by Gasteiger charge is 2.44. The number of methoxy groups -OCH3 is 4. The van der Waals surface area contributed by atoms with Gasteiger partial charge in [-0.2, -0.15) is 0 Å². The molecule has 4 aliphatic rings. The summed E-state index contributed by atoms with van der Waals surface area (Å²) < 4.78 is 27.2. The molecule has 0 saturated carbocycles. The lowest BCUT2D eigenvalue weighted by molar-refractivity contribution is -0.136. The molecule has 5 heterocycles. The van der Waals surface area contributed by atoms with Crippen molar-refractivity contribution in [2.45, 2.75) is 69.5 Å². The van der Waals surface area contributed by atoms with Gasteiger partial charge in [0, 0.05) is 50.9 Å². The maximum atomic E-state index is 14.2. The summed E-state index contributed by atoms with van der Waals surface area (Å²) in [6, 6.07) is 21.5. The molecule has 338 valence electrons. The van der Waals surface area contributed by atoms with Crippen molar-refractivity contribution in [3.8, 4) is 28.1 Å². The van der Waals surface area contributed by atoms with Gasteiger partial charge in [-0.1, -0.05) is 48.5 Å². The largest absolute Gasteiger partial charge is 0.488 e. The third-order valence-corrected chi connectivity index (χ3v) is 13.2. The second-order valence-electron chi connectivity index (χ2n) is 17.0. The Kier molecular flexibility index (Phi) is 12.3. The molecule has 65 heavy (non-hydrogen) atoms. The van der Waals surface area contributed by atoms with Crippen LogP contribution in [-0.4, -0.2) is 116 Å². The predicted octanol–water partition coefficient (Wildman–Crippen LogP) is 6.80. The minimum atomic E-state index is -0.945. The molecule has 16 nitrogen and oxygen atoms in total. The van der Waals surface area contributed by atoms with E-state index in [4.69, 9.17) is 33.7 Å². The van der Waals surface area contributed by atoms with Gasteiger partial charge in [0.1, 0.15) is 30.3 Å². The smallest absolute Gasteiger partial charge is 0.407 e. The van der Waals surface area contributed by atoms with E-state index < -0.39 is 30.4 Å². The number of carbonyl (C=O) groups excluding carboxylic acids is 4. The van der Waals surface area contributed by atoms with Gasteiger partial charge in [-0.15, -0.1) is 0 Å². The molecular formula is C49H53N7O9. The Morgan fingerprint density at radius 3 is 2.46 bits per heavy atom. The molecule has 0 bridgehead atoms. The molecule has 2 fully saturated rings. The van der Waals surface area contributed by atoms with Gasteiger partial charge in [0.25, 0.3) is 5.91 Å². The molecule has 0 spiro atoms. The SMILES string of the molecule is COC[C@H]1C[C@@H](C2=Nc3ccc4cc5c(cc4c3C2)OCc2cc(-c3cnc([C@@H]4CCCN4C(=O)C(NC(=O)OC)c4ccccc4)[nH]3)ccc2-5)N(C(=O)[C@@H](NC(=O)OC)[C@@H](C)OC)C1. The maximum Gasteiger partial charge on any atom is 0.407 e. The first-order chi connectivity index (χ1) is 31.6. The number of ether oxygens (including phenoxy) is 5. The lowest BCUT2D eigenvalue weighted by Crippen LogP contribution is -2.56. The number of aliphatic imine (C=N–C) groups is 1. The van der Waals surface area contributed by atoms with Gasteiger partial charge in [-0.05, 0) is 89.0 Å². The minimum absolute atomic E-state index is 0.0924. The highest BCUT2D eigenvalue weighted by atomic mass is 16.5. The number of likely N-dealkylation sites (tertiary alicyclic amines) is 2. The standard InChI is InChI=1S/C49H53N7O9/c1-27(62-3)43(53-48(59)63-4)46(57)56-24-28(25-61-2)18-41(56)38-21-35-34-22-42-36(20-30(34)14-16-37(35)51-38)33-15-13-31(19-32(33)26-65-42)39-23-50-45(52-39)40-12-9-17-55(40)47(58)44(54-49(60)64-5)29-10-7-6-8-11-29/h6-8,10-11,13-16,19-20,22-23,27-28,40-41,43-44H,9,12,17-18,21,24-26H2,1-5H3,(H,50,52)(H,53,59)(H,54,60)/t27-,28+,40+,41+,43+,44?/m1/s1. The molecule has 3 N–H and O–H groups in total. The van der Waals surface area contributed by atoms with Crippen molar-refractivity contribution in [3.63, 3.8) is 0 Å². The van der Waals surface area contributed by atoms with Gasteiger partial charge in [0.2, 0.25) is 5.91 Å². The summed E-state index contributed by atoms with van der Waals surface area (Å²) in [7, 11) is 5.71. The zero-order valence-electron chi connectivity index (χ0n) is 37.1. The molecule has 1 unspecified atom stereocenters. The van der Waals surface area contributed by atoms with Crippen LogP contribution in [0.15, 0.2) is 84.0 Å². The lowest BCUT2D eigenvalue weighted by atomic mass is 9.90. The Hall–Kier alpha value is -6.78. The molecule has 0 aliphatic carbocycles. The Balaban J connectivity index is 0.937. The van der Waals surface area contributed by atoms with Crippen LogP contribution in [0.25, 0.3) is 33.2 Å². The van der Waals surface area contributed by atoms with Crippen LogP contribution in [0.2, 0.25) is 0 Å². The van der Waals surface area contributed by atoms with E-state index in [1.807, 2.05) is 41.3 Å². The first-order valence-electron chi connectivity index (χ1n) is 21.9. The number of carbonyl (C=O) groups is 4. The molecule has 1 aromatic heterocycles. The maximum absolute atomic E-state index is 14.2. The van der Waals surface area contributed by atoms with Crippen molar-refractivity contribution >= 4 is 46.2 Å².